The van der Waals surface area contributed by atoms with Crippen molar-refractivity contribution < 1.29 is 9.53 Å². The van der Waals surface area contributed by atoms with Crippen molar-refractivity contribution in [3.63, 3.8) is 0 Å². The highest BCUT2D eigenvalue weighted by Crippen LogP contribution is 2.38. The molecule has 0 saturated heterocycles. The number of hydrogen-bond acceptors (Lipinski definition) is 3. The van der Waals surface area contributed by atoms with E-state index in [1.54, 1.807) is 15.8 Å². The molecule has 26 heavy (non-hydrogen) atoms. The van der Waals surface area contributed by atoms with Crippen LogP contribution in [0.5, 0.6) is 5.75 Å². The summed E-state index contributed by atoms with van der Waals surface area (Å²) in [5.74, 6) is 0.829. The standard InChI is InChI=1S/C21H21N3O2/c1-14-8-9-19-17(10-14)21-16(13-26-19)11-22-24(21)12-20(25)23(3)18-7-5-4-6-15(18)2/h4-11H,12-13H2,1-3H3. The van der Waals surface area contributed by atoms with Crippen LogP contribution in [0.3, 0.4) is 0 Å². The Kier molecular flexibility index (Phi) is 3.99. The molecule has 3 aromatic rings. The molecule has 0 spiro atoms. The van der Waals surface area contributed by atoms with Gasteiger partial charge in [-0.1, -0.05) is 29.8 Å². The van der Waals surface area contributed by atoms with E-state index in [0.29, 0.717) is 6.61 Å². The van der Waals surface area contributed by atoms with E-state index in [-0.39, 0.29) is 12.5 Å². The lowest BCUT2D eigenvalue weighted by Gasteiger charge is -2.22. The van der Waals surface area contributed by atoms with Crippen LogP contribution in [0.4, 0.5) is 5.69 Å². The number of rotatable bonds is 3. The zero-order valence-electron chi connectivity index (χ0n) is 15.2. The summed E-state index contributed by atoms with van der Waals surface area (Å²) in [4.78, 5) is 14.6. The smallest absolute Gasteiger partial charge is 0.248 e. The maximum atomic E-state index is 12.9. The number of para-hydroxylation sites is 1. The largest absolute Gasteiger partial charge is 0.488 e. The zero-order valence-corrected chi connectivity index (χ0v) is 15.2. The Morgan fingerprint density at radius 3 is 2.85 bits per heavy atom. The number of hydrogen-bond donors (Lipinski definition) is 0. The topological polar surface area (TPSA) is 47.4 Å². The molecule has 1 aliphatic heterocycles. The number of anilines is 1. The number of aryl methyl sites for hydroxylation is 2. The molecule has 2 aromatic carbocycles. The quantitative estimate of drug-likeness (QED) is 0.725. The lowest BCUT2D eigenvalue weighted by molar-refractivity contribution is -0.119. The minimum Gasteiger partial charge on any atom is -0.488 e. The maximum absolute atomic E-state index is 12.9. The van der Waals surface area contributed by atoms with Crippen LogP contribution >= 0.6 is 0 Å². The number of fused-ring (bicyclic) bond motifs is 3. The highest BCUT2D eigenvalue weighted by atomic mass is 16.5. The third kappa shape index (κ3) is 2.75. The second-order valence-electron chi connectivity index (χ2n) is 6.70. The molecule has 5 heteroatoms. The van der Waals surface area contributed by atoms with Crippen LogP contribution in [0.15, 0.2) is 48.7 Å². The van der Waals surface area contributed by atoms with E-state index in [1.165, 1.54) is 0 Å². The normalized spacial score (nSPS) is 12.1. The summed E-state index contributed by atoms with van der Waals surface area (Å²) < 4.78 is 7.59. The Bertz CT molecular complexity index is 991. The van der Waals surface area contributed by atoms with Gasteiger partial charge in [0.1, 0.15) is 18.9 Å². The van der Waals surface area contributed by atoms with Gasteiger partial charge in [0.15, 0.2) is 0 Å². The summed E-state index contributed by atoms with van der Waals surface area (Å²) >= 11 is 0. The van der Waals surface area contributed by atoms with Crippen LogP contribution in [0.25, 0.3) is 11.3 Å². The summed E-state index contributed by atoms with van der Waals surface area (Å²) in [6, 6.07) is 14.0. The van der Waals surface area contributed by atoms with Gasteiger partial charge in [0.05, 0.1) is 11.9 Å². The van der Waals surface area contributed by atoms with Crippen molar-refractivity contribution in [2.45, 2.75) is 27.0 Å². The van der Waals surface area contributed by atoms with Gasteiger partial charge in [0.2, 0.25) is 5.91 Å². The molecule has 132 valence electrons. The van der Waals surface area contributed by atoms with E-state index in [2.05, 4.69) is 11.2 Å². The molecule has 1 aliphatic rings. The van der Waals surface area contributed by atoms with Crippen molar-refractivity contribution in [1.82, 2.24) is 9.78 Å². The van der Waals surface area contributed by atoms with E-state index in [1.807, 2.05) is 57.3 Å². The maximum Gasteiger partial charge on any atom is 0.248 e. The Balaban J connectivity index is 1.66. The predicted octanol–water partition coefficient (Wildman–Crippen LogP) is 3.72. The molecule has 0 fully saturated rings. The average molecular weight is 347 g/mol. The fraction of sp³-hybridized carbons (Fsp3) is 0.238. The molecule has 0 aliphatic carbocycles. The molecule has 1 amide bonds. The summed E-state index contributed by atoms with van der Waals surface area (Å²) in [5.41, 5.74) is 6.11. The number of aromatic nitrogens is 2. The fourth-order valence-corrected chi connectivity index (χ4v) is 3.38. The number of carbonyl (C=O) groups is 1. The van der Waals surface area contributed by atoms with Gasteiger partial charge in [-0.25, -0.2) is 0 Å². The Hall–Kier alpha value is -3.08. The molecular formula is C21H21N3O2. The van der Waals surface area contributed by atoms with Gasteiger partial charge in [-0.05, 0) is 37.6 Å². The zero-order chi connectivity index (χ0) is 18.3. The van der Waals surface area contributed by atoms with Gasteiger partial charge in [0.25, 0.3) is 0 Å². The van der Waals surface area contributed by atoms with E-state index in [4.69, 9.17) is 4.74 Å². The molecule has 0 radical (unpaired) electrons. The second-order valence-corrected chi connectivity index (χ2v) is 6.70. The summed E-state index contributed by atoms with van der Waals surface area (Å²) in [6.45, 7) is 4.72. The van der Waals surface area contributed by atoms with Gasteiger partial charge in [-0.15, -0.1) is 0 Å². The number of nitrogens with zero attached hydrogens (tertiary/aromatic N) is 3. The molecule has 0 atom stereocenters. The molecular weight excluding hydrogens is 326 g/mol. The SMILES string of the molecule is Cc1ccc2c(c1)-c1c(cnn1CC(=O)N(C)c1ccccc1C)CO2. The molecule has 0 bridgehead atoms. The van der Waals surface area contributed by atoms with Gasteiger partial charge in [-0.3, -0.25) is 9.48 Å². The van der Waals surface area contributed by atoms with Gasteiger partial charge in [-0.2, -0.15) is 5.10 Å². The molecule has 0 unspecified atom stereocenters. The molecule has 0 saturated carbocycles. The molecule has 0 N–H and O–H groups in total. The summed E-state index contributed by atoms with van der Waals surface area (Å²) in [6.07, 6.45) is 1.79. The first-order valence-corrected chi connectivity index (χ1v) is 8.65. The Labute approximate surface area is 152 Å². The number of ether oxygens (including phenoxy) is 1. The minimum absolute atomic E-state index is 0.00843. The van der Waals surface area contributed by atoms with Crippen molar-refractivity contribution >= 4 is 11.6 Å². The first-order valence-electron chi connectivity index (χ1n) is 8.65. The molecule has 5 nitrogen and oxygen atoms in total. The number of carbonyl (C=O) groups excluding carboxylic acids is 1. The number of likely N-dealkylation sites (N-methyl/N-ethyl adjacent to an activating group) is 1. The Morgan fingerprint density at radius 1 is 1.23 bits per heavy atom. The van der Waals surface area contributed by atoms with Gasteiger partial charge in [0, 0.05) is 23.9 Å². The van der Waals surface area contributed by atoms with Crippen LogP contribution < -0.4 is 9.64 Å². The van der Waals surface area contributed by atoms with Crippen LogP contribution in [0.1, 0.15) is 16.7 Å². The van der Waals surface area contributed by atoms with Crippen LogP contribution in [-0.2, 0) is 17.9 Å². The first kappa shape index (κ1) is 16.4. The van der Waals surface area contributed by atoms with Crippen molar-refractivity contribution in [2.24, 2.45) is 0 Å². The van der Waals surface area contributed by atoms with Crippen molar-refractivity contribution in [3.05, 3.63) is 65.4 Å². The fourth-order valence-electron chi connectivity index (χ4n) is 3.38. The average Bonchev–Trinajstić information content (AvgIpc) is 3.04. The second kappa shape index (κ2) is 6.33. The molecule has 2 heterocycles. The van der Waals surface area contributed by atoms with Gasteiger partial charge < -0.3 is 9.64 Å². The highest BCUT2D eigenvalue weighted by molar-refractivity contribution is 5.93. The summed E-state index contributed by atoms with van der Waals surface area (Å²) in [7, 11) is 1.81. The van der Waals surface area contributed by atoms with Crippen molar-refractivity contribution in [3.8, 4) is 17.0 Å². The Morgan fingerprint density at radius 2 is 2.04 bits per heavy atom. The van der Waals surface area contributed by atoms with E-state index < -0.39 is 0 Å². The molecule has 4 rings (SSSR count). The lowest BCUT2D eigenvalue weighted by Crippen LogP contribution is -2.31. The third-order valence-electron chi connectivity index (χ3n) is 4.82. The highest BCUT2D eigenvalue weighted by Gasteiger charge is 2.24. The monoisotopic (exact) mass is 347 g/mol. The summed E-state index contributed by atoms with van der Waals surface area (Å²) in [5, 5.41) is 4.45. The van der Waals surface area contributed by atoms with E-state index in [9.17, 15) is 4.79 Å². The van der Waals surface area contributed by atoms with Crippen molar-refractivity contribution in [1.29, 1.82) is 0 Å². The number of amides is 1. The first-order chi connectivity index (χ1) is 12.5. The van der Waals surface area contributed by atoms with Crippen LogP contribution in [-0.4, -0.2) is 22.7 Å². The third-order valence-corrected chi connectivity index (χ3v) is 4.82. The lowest BCUT2D eigenvalue weighted by atomic mass is 10.0. The predicted molar refractivity (Wildman–Crippen MR) is 101 cm³/mol. The van der Waals surface area contributed by atoms with Crippen LogP contribution in [0.2, 0.25) is 0 Å². The van der Waals surface area contributed by atoms with E-state index >= 15 is 0 Å². The van der Waals surface area contributed by atoms with E-state index in [0.717, 1.165) is 39.4 Å². The molecule has 1 aromatic heterocycles. The van der Waals surface area contributed by atoms with Gasteiger partial charge >= 0.3 is 0 Å². The number of benzene rings is 2. The minimum atomic E-state index is -0.00843. The van der Waals surface area contributed by atoms with Crippen molar-refractivity contribution in [2.75, 3.05) is 11.9 Å². The van der Waals surface area contributed by atoms with Crippen LogP contribution in [0, 0.1) is 13.8 Å².